The molecule has 0 aliphatic carbocycles. The van der Waals surface area contributed by atoms with Gasteiger partial charge in [-0.3, -0.25) is 14.6 Å². The van der Waals surface area contributed by atoms with Crippen molar-refractivity contribution < 1.29 is 32.2 Å². The fraction of sp³-hybridized carbons (Fsp3) is 0.364. The van der Waals surface area contributed by atoms with Crippen molar-refractivity contribution >= 4 is 11.9 Å². The molecule has 0 fully saturated rings. The molecule has 1 aromatic heterocycles. The van der Waals surface area contributed by atoms with Crippen LogP contribution in [0.2, 0.25) is 0 Å². The Balaban J connectivity index is 3.39. The quantitative estimate of drug-likeness (QED) is 0.619. The van der Waals surface area contributed by atoms with Gasteiger partial charge in [0.2, 0.25) is 0 Å². The number of halogens is 3. The van der Waals surface area contributed by atoms with E-state index in [9.17, 15) is 22.8 Å². The van der Waals surface area contributed by atoms with Crippen LogP contribution in [0.5, 0.6) is 0 Å². The van der Waals surface area contributed by atoms with Gasteiger partial charge in [0.15, 0.2) is 5.92 Å². The molecule has 0 bridgehead atoms. The Bertz CT molecular complexity index is 471. The Morgan fingerprint density at radius 1 is 1.21 bits per heavy atom. The molecule has 0 saturated heterocycles. The molecule has 1 aromatic rings. The molecule has 0 spiro atoms. The minimum atomic E-state index is -4.75. The molecule has 1 rings (SSSR count). The minimum absolute atomic E-state index is 0.723. The number of esters is 2. The summed E-state index contributed by atoms with van der Waals surface area (Å²) in [6.07, 6.45) is -3.70. The van der Waals surface area contributed by atoms with Gasteiger partial charge in [0, 0.05) is 6.20 Å². The maximum atomic E-state index is 12.8. The summed E-state index contributed by atoms with van der Waals surface area (Å²) in [5.41, 5.74) is -1.93. The summed E-state index contributed by atoms with van der Waals surface area (Å²) in [6, 6.07) is 1.78. The Labute approximate surface area is 106 Å². The highest BCUT2D eigenvalue weighted by Crippen LogP contribution is 2.34. The molecule has 8 heteroatoms. The number of aromatic nitrogens is 1. The van der Waals surface area contributed by atoms with Crippen molar-refractivity contribution in [3.8, 4) is 0 Å². The third-order valence-corrected chi connectivity index (χ3v) is 2.29. The van der Waals surface area contributed by atoms with Crippen LogP contribution >= 0.6 is 0 Å². The third kappa shape index (κ3) is 3.21. The van der Waals surface area contributed by atoms with Crippen LogP contribution in [0.15, 0.2) is 18.3 Å². The summed E-state index contributed by atoms with van der Waals surface area (Å²) in [4.78, 5) is 26.4. The number of nitrogens with zero attached hydrogens (tertiary/aromatic N) is 1. The average Bonchev–Trinajstić information content (AvgIpc) is 2.37. The number of pyridine rings is 1. The van der Waals surface area contributed by atoms with E-state index >= 15 is 0 Å². The van der Waals surface area contributed by atoms with Gasteiger partial charge in [-0.25, -0.2) is 0 Å². The van der Waals surface area contributed by atoms with Gasteiger partial charge in [-0.15, -0.1) is 0 Å². The predicted molar refractivity (Wildman–Crippen MR) is 56.0 cm³/mol. The Kier molecular flexibility index (Phi) is 4.47. The Morgan fingerprint density at radius 3 is 2.16 bits per heavy atom. The summed E-state index contributed by atoms with van der Waals surface area (Å²) in [5.74, 6) is -4.21. The molecule has 0 N–H and O–H groups in total. The van der Waals surface area contributed by atoms with Gasteiger partial charge in [0.1, 0.15) is 0 Å². The maximum Gasteiger partial charge on any atom is 0.418 e. The van der Waals surface area contributed by atoms with Gasteiger partial charge in [-0.2, -0.15) is 13.2 Å². The van der Waals surface area contributed by atoms with Gasteiger partial charge < -0.3 is 9.47 Å². The predicted octanol–water partition coefficient (Wildman–Crippen LogP) is 1.53. The Hall–Kier alpha value is -2.12. The van der Waals surface area contributed by atoms with E-state index in [-0.39, 0.29) is 0 Å². The van der Waals surface area contributed by atoms with Gasteiger partial charge in [-0.05, 0) is 12.1 Å². The van der Waals surface area contributed by atoms with Crippen molar-refractivity contribution in [3.05, 3.63) is 29.6 Å². The molecule has 0 atom stereocenters. The molecule has 19 heavy (non-hydrogen) atoms. The number of carbonyl (C=O) groups excluding carboxylic acids is 2. The lowest BCUT2D eigenvalue weighted by molar-refractivity contribution is -0.155. The van der Waals surface area contributed by atoms with E-state index < -0.39 is 35.3 Å². The lowest BCUT2D eigenvalue weighted by atomic mass is 10.00. The largest absolute Gasteiger partial charge is 0.468 e. The minimum Gasteiger partial charge on any atom is -0.468 e. The molecular weight excluding hydrogens is 267 g/mol. The molecule has 104 valence electrons. The second-order valence-electron chi connectivity index (χ2n) is 3.41. The molecule has 0 aliphatic rings. The second kappa shape index (κ2) is 5.68. The summed E-state index contributed by atoms with van der Waals surface area (Å²) < 4.78 is 47.0. The van der Waals surface area contributed by atoms with E-state index in [0.717, 1.165) is 32.5 Å². The lowest BCUT2D eigenvalue weighted by Crippen LogP contribution is -2.28. The lowest BCUT2D eigenvalue weighted by Gasteiger charge is -2.16. The first kappa shape index (κ1) is 14.9. The normalized spacial score (nSPS) is 11.3. The van der Waals surface area contributed by atoms with Crippen LogP contribution in [0.25, 0.3) is 0 Å². The molecule has 0 unspecified atom stereocenters. The van der Waals surface area contributed by atoms with Crippen LogP contribution in [0.1, 0.15) is 17.2 Å². The monoisotopic (exact) mass is 277 g/mol. The second-order valence-corrected chi connectivity index (χ2v) is 3.41. The number of rotatable bonds is 3. The molecule has 0 saturated carbocycles. The summed E-state index contributed by atoms with van der Waals surface area (Å²) in [5, 5.41) is 0. The zero-order valence-corrected chi connectivity index (χ0v) is 10.0. The molecular formula is C11H10F3NO4. The standard InChI is InChI=1S/C11H10F3NO4/c1-18-9(16)7(10(17)19-2)8-6(11(12,13)14)4-3-5-15-8/h3-5,7H,1-2H3. The van der Waals surface area contributed by atoms with Gasteiger partial charge >= 0.3 is 18.1 Å². The van der Waals surface area contributed by atoms with Crippen LogP contribution in [-0.4, -0.2) is 31.1 Å². The number of hydrogen-bond donors (Lipinski definition) is 0. The molecule has 0 aliphatic heterocycles. The smallest absolute Gasteiger partial charge is 0.418 e. The van der Waals surface area contributed by atoms with Crippen molar-refractivity contribution in [2.24, 2.45) is 0 Å². The fourth-order valence-corrected chi connectivity index (χ4v) is 1.44. The number of carbonyl (C=O) groups is 2. The topological polar surface area (TPSA) is 65.5 Å². The van der Waals surface area contributed by atoms with E-state index in [1.807, 2.05) is 0 Å². The number of ether oxygens (including phenoxy) is 2. The van der Waals surface area contributed by atoms with Crippen molar-refractivity contribution in [1.82, 2.24) is 4.98 Å². The van der Waals surface area contributed by atoms with Crippen LogP contribution in [0.4, 0.5) is 13.2 Å². The summed E-state index contributed by atoms with van der Waals surface area (Å²) in [7, 11) is 1.91. The molecule has 0 aromatic carbocycles. The van der Waals surface area contributed by atoms with E-state index in [4.69, 9.17) is 0 Å². The fourth-order valence-electron chi connectivity index (χ4n) is 1.44. The number of hydrogen-bond acceptors (Lipinski definition) is 5. The van der Waals surface area contributed by atoms with Crippen LogP contribution in [0, 0.1) is 0 Å². The highest BCUT2D eigenvalue weighted by atomic mass is 19.4. The van der Waals surface area contributed by atoms with Gasteiger partial charge in [0.05, 0.1) is 25.5 Å². The number of alkyl halides is 3. The zero-order chi connectivity index (χ0) is 14.6. The zero-order valence-electron chi connectivity index (χ0n) is 10.0. The first-order valence-corrected chi connectivity index (χ1v) is 5.00. The third-order valence-electron chi connectivity index (χ3n) is 2.29. The highest BCUT2D eigenvalue weighted by molar-refractivity contribution is 6.00. The van der Waals surface area contributed by atoms with Crippen LogP contribution in [-0.2, 0) is 25.2 Å². The van der Waals surface area contributed by atoms with E-state index in [0.29, 0.717) is 0 Å². The highest BCUT2D eigenvalue weighted by Gasteiger charge is 2.41. The van der Waals surface area contributed by atoms with Crippen molar-refractivity contribution in [1.29, 1.82) is 0 Å². The van der Waals surface area contributed by atoms with Crippen molar-refractivity contribution in [3.63, 3.8) is 0 Å². The summed E-state index contributed by atoms with van der Waals surface area (Å²) in [6.45, 7) is 0. The molecule has 0 radical (unpaired) electrons. The SMILES string of the molecule is COC(=O)C(C(=O)OC)c1ncccc1C(F)(F)F. The van der Waals surface area contributed by atoms with E-state index in [1.165, 1.54) is 0 Å². The van der Waals surface area contributed by atoms with Crippen LogP contribution in [0.3, 0.4) is 0 Å². The van der Waals surface area contributed by atoms with Gasteiger partial charge in [0.25, 0.3) is 0 Å². The average molecular weight is 277 g/mol. The van der Waals surface area contributed by atoms with Crippen molar-refractivity contribution in [2.75, 3.05) is 14.2 Å². The maximum absolute atomic E-state index is 12.8. The Morgan fingerprint density at radius 2 is 1.74 bits per heavy atom. The molecule has 5 nitrogen and oxygen atoms in total. The number of methoxy groups -OCH3 is 2. The first-order valence-electron chi connectivity index (χ1n) is 5.00. The van der Waals surface area contributed by atoms with Crippen LogP contribution < -0.4 is 0 Å². The van der Waals surface area contributed by atoms with E-state index in [1.54, 1.807) is 0 Å². The van der Waals surface area contributed by atoms with Crippen molar-refractivity contribution in [2.45, 2.75) is 12.1 Å². The first-order chi connectivity index (χ1) is 8.82. The van der Waals surface area contributed by atoms with E-state index in [2.05, 4.69) is 14.5 Å². The molecule has 0 amide bonds. The van der Waals surface area contributed by atoms with Gasteiger partial charge in [-0.1, -0.05) is 0 Å². The molecule has 1 heterocycles. The summed E-state index contributed by atoms with van der Waals surface area (Å²) >= 11 is 0.